The molecule has 0 radical (unpaired) electrons. The molecular weight excluding hydrogens is 260 g/mol. The fourth-order valence-electron chi connectivity index (χ4n) is 2.64. The first-order valence-electron chi connectivity index (χ1n) is 7.46. The largest absolute Gasteiger partial charge is 0.341 e. The van der Waals surface area contributed by atoms with Crippen LogP contribution >= 0.6 is 0 Å². The molecule has 1 aliphatic heterocycles. The second-order valence-electron chi connectivity index (χ2n) is 6.63. The first-order valence-corrected chi connectivity index (χ1v) is 7.46. The van der Waals surface area contributed by atoms with E-state index in [0.29, 0.717) is 0 Å². The zero-order valence-corrected chi connectivity index (χ0v) is 12.8. The van der Waals surface area contributed by atoms with Crippen molar-refractivity contribution < 1.29 is 9.47 Å². The summed E-state index contributed by atoms with van der Waals surface area (Å²) >= 11 is 0. The number of hydrogen-bond donors (Lipinski definition) is 0. The van der Waals surface area contributed by atoms with Gasteiger partial charge >= 0.3 is 0 Å². The number of benzene rings is 2. The lowest BCUT2D eigenvalue weighted by Crippen LogP contribution is -2.27. The van der Waals surface area contributed by atoms with E-state index in [1.54, 1.807) is 0 Å². The summed E-state index contributed by atoms with van der Waals surface area (Å²) in [5.74, 6) is 0. The van der Waals surface area contributed by atoms with Gasteiger partial charge in [-0.25, -0.2) is 0 Å². The summed E-state index contributed by atoms with van der Waals surface area (Å²) in [6.07, 6.45) is -0.316. The van der Waals surface area contributed by atoms with E-state index in [1.807, 2.05) is 36.4 Å². The van der Waals surface area contributed by atoms with Crippen molar-refractivity contribution in [2.45, 2.75) is 39.3 Å². The van der Waals surface area contributed by atoms with Gasteiger partial charge in [0.25, 0.3) is 0 Å². The van der Waals surface area contributed by atoms with Crippen LogP contribution in [0.1, 0.15) is 44.1 Å². The monoisotopic (exact) mass is 282 g/mol. The maximum absolute atomic E-state index is 6.26. The molecule has 1 saturated heterocycles. The summed E-state index contributed by atoms with van der Waals surface area (Å²) in [5, 5.41) is 0. The molecular formula is C19H22O2. The van der Waals surface area contributed by atoms with Crippen molar-refractivity contribution in [2.75, 3.05) is 0 Å². The molecule has 1 aliphatic rings. The van der Waals surface area contributed by atoms with Crippen LogP contribution in [0.15, 0.2) is 60.7 Å². The number of hydrogen-bond acceptors (Lipinski definition) is 2. The number of rotatable bonds is 2. The third-order valence-corrected chi connectivity index (χ3v) is 3.78. The molecule has 2 aromatic rings. The molecule has 0 spiro atoms. The van der Waals surface area contributed by atoms with E-state index >= 15 is 0 Å². The van der Waals surface area contributed by atoms with Gasteiger partial charge in [-0.2, -0.15) is 0 Å². The summed E-state index contributed by atoms with van der Waals surface area (Å²) in [5.41, 5.74) is 2.28. The van der Waals surface area contributed by atoms with Crippen molar-refractivity contribution in [3.8, 4) is 0 Å². The Morgan fingerprint density at radius 1 is 0.667 bits per heavy atom. The molecule has 0 bridgehead atoms. The van der Waals surface area contributed by atoms with Gasteiger partial charge in [-0.05, 0) is 11.1 Å². The van der Waals surface area contributed by atoms with Gasteiger partial charge in [0, 0.05) is 5.41 Å². The summed E-state index contributed by atoms with van der Waals surface area (Å²) in [4.78, 5) is 0. The standard InChI is InChI=1S/C19H22O2/c1-19(2,3)18-20-16(14-10-6-4-7-11-14)17(21-18)15-12-8-5-9-13-15/h4-13,16-18H,1-3H3/t16-,17-/m0/s1. The second kappa shape index (κ2) is 5.63. The predicted molar refractivity (Wildman–Crippen MR) is 83.8 cm³/mol. The van der Waals surface area contributed by atoms with Crippen molar-refractivity contribution in [3.05, 3.63) is 71.8 Å². The van der Waals surface area contributed by atoms with Crippen LogP contribution in [-0.4, -0.2) is 6.29 Å². The Bertz CT molecular complexity index is 524. The van der Waals surface area contributed by atoms with Gasteiger partial charge in [0.2, 0.25) is 0 Å². The van der Waals surface area contributed by atoms with Gasteiger partial charge in [-0.3, -0.25) is 0 Å². The SMILES string of the molecule is CC(C)(C)C1O[C@@H](c2ccccc2)[C@H](c2ccccc2)O1. The van der Waals surface area contributed by atoms with Crippen LogP contribution in [0.3, 0.4) is 0 Å². The molecule has 1 fully saturated rings. The first-order chi connectivity index (χ1) is 10.1. The molecule has 2 aromatic carbocycles. The minimum atomic E-state index is -0.201. The van der Waals surface area contributed by atoms with Crippen molar-refractivity contribution in [1.82, 2.24) is 0 Å². The van der Waals surface area contributed by atoms with E-state index in [9.17, 15) is 0 Å². The highest BCUT2D eigenvalue weighted by molar-refractivity contribution is 5.26. The molecule has 0 unspecified atom stereocenters. The molecule has 110 valence electrons. The Kier molecular flexibility index (Phi) is 3.83. The molecule has 1 heterocycles. The predicted octanol–water partition coefficient (Wildman–Crippen LogP) is 4.89. The third kappa shape index (κ3) is 3.02. The highest BCUT2D eigenvalue weighted by atomic mass is 16.7. The van der Waals surface area contributed by atoms with E-state index in [1.165, 1.54) is 0 Å². The molecule has 2 heteroatoms. The maximum Gasteiger partial charge on any atom is 0.164 e. The molecule has 3 rings (SSSR count). The Hall–Kier alpha value is -1.64. The normalized spacial score (nSPS) is 23.4. The minimum Gasteiger partial charge on any atom is -0.341 e. The molecule has 2 nitrogen and oxygen atoms in total. The summed E-state index contributed by atoms with van der Waals surface area (Å²) in [6, 6.07) is 20.7. The van der Waals surface area contributed by atoms with Gasteiger partial charge < -0.3 is 9.47 Å². The van der Waals surface area contributed by atoms with Gasteiger partial charge in [-0.15, -0.1) is 0 Å². The molecule has 0 aromatic heterocycles. The molecule has 0 N–H and O–H groups in total. The third-order valence-electron chi connectivity index (χ3n) is 3.78. The van der Waals surface area contributed by atoms with Crippen molar-refractivity contribution in [1.29, 1.82) is 0 Å². The summed E-state index contributed by atoms with van der Waals surface area (Å²) in [7, 11) is 0. The van der Waals surface area contributed by atoms with Crippen molar-refractivity contribution in [2.24, 2.45) is 5.41 Å². The average Bonchev–Trinajstić information content (AvgIpc) is 2.94. The highest BCUT2D eigenvalue weighted by Crippen LogP contribution is 2.46. The van der Waals surface area contributed by atoms with Crippen LogP contribution < -0.4 is 0 Å². The zero-order valence-electron chi connectivity index (χ0n) is 12.8. The van der Waals surface area contributed by atoms with E-state index in [4.69, 9.17) is 9.47 Å². The molecule has 0 saturated carbocycles. The topological polar surface area (TPSA) is 18.5 Å². The highest BCUT2D eigenvalue weighted by Gasteiger charge is 2.43. The van der Waals surface area contributed by atoms with Gasteiger partial charge in [0.15, 0.2) is 6.29 Å². The smallest absolute Gasteiger partial charge is 0.164 e. The second-order valence-corrected chi connectivity index (χ2v) is 6.63. The zero-order chi connectivity index (χ0) is 14.9. The Morgan fingerprint density at radius 3 is 1.38 bits per heavy atom. The lowest BCUT2D eigenvalue weighted by molar-refractivity contribution is -0.132. The van der Waals surface area contributed by atoms with Crippen molar-refractivity contribution >= 4 is 0 Å². The van der Waals surface area contributed by atoms with E-state index < -0.39 is 0 Å². The molecule has 0 aliphatic carbocycles. The summed E-state index contributed by atoms with van der Waals surface area (Å²) < 4.78 is 12.5. The van der Waals surface area contributed by atoms with Crippen LogP contribution in [0.4, 0.5) is 0 Å². The average molecular weight is 282 g/mol. The van der Waals surface area contributed by atoms with Gasteiger partial charge in [0.05, 0.1) is 0 Å². The quantitative estimate of drug-likeness (QED) is 0.781. The number of ether oxygens (including phenoxy) is 2. The molecule has 0 amide bonds. The lowest BCUT2D eigenvalue weighted by atomic mass is 9.96. The fraction of sp³-hybridized carbons (Fsp3) is 0.368. The minimum absolute atomic E-state index is 0.0451. The van der Waals surface area contributed by atoms with E-state index in [-0.39, 0.29) is 23.9 Å². The lowest BCUT2D eigenvalue weighted by Gasteiger charge is -2.25. The van der Waals surface area contributed by atoms with Crippen LogP contribution in [0.2, 0.25) is 0 Å². The van der Waals surface area contributed by atoms with Gasteiger partial charge in [-0.1, -0.05) is 81.4 Å². The first kappa shape index (κ1) is 14.3. The van der Waals surface area contributed by atoms with Crippen LogP contribution in [-0.2, 0) is 9.47 Å². The Morgan fingerprint density at radius 2 is 1.05 bits per heavy atom. The van der Waals surface area contributed by atoms with Crippen molar-refractivity contribution in [3.63, 3.8) is 0 Å². The van der Waals surface area contributed by atoms with E-state index in [2.05, 4.69) is 45.0 Å². The Labute approximate surface area is 126 Å². The van der Waals surface area contributed by atoms with Gasteiger partial charge in [0.1, 0.15) is 12.2 Å². The Balaban J connectivity index is 1.95. The van der Waals surface area contributed by atoms with Crippen LogP contribution in [0, 0.1) is 5.41 Å². The van der Waals surface area contributed by atoms with Crippen LogP contribution in [0.25, 0.3) is 0 Å². The summed E-state index contributed by atoms with van der Waals surface area (Å²) in [6.45, 7) is 6.44. The molecule has 21 heavy (non-hydrogen) atoms. The van der Waals surface area contributed by atoms with Crippen LogP contribution in [0.5, 0.6) is 0 Å². The fourth-order valence-corrected chi connectivity index (χ4v) is 2.64. The van der Waals surface area contributed by atoms with E-state index in [0.717, 1.165) is 11.1 Å². The maximum atomic E-state index is 6.26. The molecule has 2 atom stereocenters.